The molecule has 3 rings (SSSR count). The highest BCUT2D eigenvalue weighted by Crippen LogP contribution is 2.34. The van der Waals surface area contributed by atoms with Gasteiger partial charge in [-0.1, -0.05) is 30.3 Å². The number of rotatable bonds is 18. The zero-order valence-corrected chi connectivity index (χ0v) is 26.6. The number of anilines is 2. The van der Waals surface area contributed by atoms with Crippen molar-refractivity contribution >= 4 is 35.3 Å². The van der Waals surface area contributed by atoms with E-state index < -0.39 is 29.7 Å². The highest BCUT2D eigenvalue weighted by Gasteiger charge is 2.22. The van der Waals surface area contributed by atoms with Crippen LogP contribution in [0.4, 0.5) is 15.8 Å². The highest BCUT2D eigenvalue weighted by molar-refractivity contribution is 5.83. The van der Waals surface area contributed by atoms with Gasteiger partial charge in [0.2, 0.25) is 0 Å². The van der Waals surface area contributed by atoms with Crippen molar-refractivity contribution in [2.45, 2.75) is 6.61 Å². The van der Waals surface area contributed by atoms with Gasteiger partial charge in [-0.15, -0.1) is 0 Å². The number of methoxy groups -OCH3 is 4. The molecule has 0 N–H and O–H groups in total. The van der Waals surface area contributed by atoms with Crippen LogP contribution < -0.4 is 24.0 Å². The van der Waals surface area contributed by atoms with E-state index in [2.05, 4.69) is 0 Å². The third kappa shape index (κ3) is 11.4. The standard InChI is InChI=1S/C33H37FN2O11/c1-41-30(37)18-35(19-31(38)42-2)26-12-10-24(34)16-29(26)46-15-14-45-28-13-11-25(47-22-23-8-6-5-7-9-23)17-27(28)36(20-32(39)43-3)21-33(40)44-4/h5-13,16-17H,14-15,18-22H2,1-4H3. The molecule has 0 amide bonds. The lowest BCUT2D eigenvalue weighted by molar-refractivity contribution is -0.141. The normalized spacial score (nSPS) is 10.3. The number of benzene rings is 3. The van der Waals surface area contributed by atoms with Crippen LogP contribution in [0.3, 0.4) is 0 Å². The second-order valence-corrected chi connectivity index (χ2v) is 9.73. The first-order valence-electron chi connectivity index (χ1n) is 14.3. The van der Waals surface area contributed by atoms with E-state index in [-0.39, 0.29) is 63.2 Å². The summed E-state index contributed by atoms with van der Waals surface area (Å²) in [5.74, 6) is -2.38. The molecule has 0 radical (unpaired) electrons. The highest BCUT2D eigenvalue weighted by atomic mass is 19.1. The molecule has 47 heavy (non-hydrogen) atoms. The van der Waals surface area contributed by atoms with Crippen LogP contribution >= 0.6 is 0 Å². The first kappa shape index (κ1) is 35.9. The molecular weight excluding hydrogens is 619 g/mol. The average Bonchev–Trinajstić information content (AvgIpc) is 3.09. The van der Waals surface area contributed by atoms with E-state index in [1.807, 2.05) is 30.3 Å². The molecule has 252 valence electrons. The maximum atomic E-state index is 14.3. The van der Waals surface area contributed by atoms with Gasteiger partial charge in [0.25, 0.3) is 0 Å². The van der Waals surface area contributed by atoms with Crippen LogP contribution in [0.1, 0.15) is 5.56 Å². The van der Waals surface area contributed by atoms with Crippen molar-refractivity contribution in [2.24, 2.45) is 0 Å². The number of ether oxygens (including phenoxy) is 7. The third-order valence-corrected chi connectivity index (χ3v) is 6.57. The summed E-state index contributed by atoms with van der Waals surface area (Å²) in [7, 11) is 4.85. The number of carbonyl (C=O) groups is 4. The maximum absolute atomic E-state index is 14.3. The molecule has 0 saturated heterocycles. The number of hydrogen-bond donors (Lipinski definition) is 0. The molecule has 3 aromatic rings. The SMILES string of the molecule is COC(=O)CN(CC(=O)OC)c1ccc(F)cc1OCCOc1ccc(OCc2ccccc2)cc1N(CC(=O)OC)CC(=O)OC. The van der Waals surface area contributed by atoms with Crippen molar-refractivity contribution < 1.29 is 56.7 Å². The molecule has 0 aliphatic rings. The third-order valence-electron chi connectivity index (χ3n) is 6.57. The fourth-order valence-electron chi connectivity index (χ4n) is 4.20. The molecular formula is C33H37FN2O11. The molecule has 14 heteroatoms. The van der Waals surface area contributed by atoms with Gasteiger partial charge in [-0.2, -0.15) is 0 Å². The predicted molar refractivity (Wildman–Crippen MR) is 167 cm³/mol. The Bertz CT molecular complexity index is 1470. The molecule has 0 aliphatic carbocycles. The predicted octanol–water partition coefficient (Wildman–Crippen LogP) is 3.17. The van der Waals surface area contributed by atoms with Gasteiger partial charge in [-0.25, -0.2) is 4.39 Å². The van der Waals surface area contributed by atoms with E-state index in [4.69, 9.17) is 33.2 Å². The smallest absolute Gasteiger partial charge is 0.325 e. The van der Waals surface area contributed by atoms with E-state index in [0.29, 0.717) is 11.4 Å². The molecule has 0 spiro atoms. The Morgan fingerprint density at radius 3 is 1.62 bits per heavy atom. The minimum Gasteiger partial charge on any atom is -0.489 e. The van der Waals surface area contributed by atoms with Crippen molar-refractivity contribution in [3.05, 3.63) is 78.1 Å². The fourth-order valence-corrected chi connectivity index (χ4v) is 4.20. The Hall–Kier alpha value is -5.53. The van der Waals surface area contributed by atoms with E-state index in [9.17, 15) is 23.6 Å². The molecule has 0 aliphatic heterocycles. The lowest BCUT2D eigenvalue weighted by Crippen LogP contribution is -2.36. The lowest BCUT2D eigenvalue weighted by Gasteiger charge is -2.26. The van der Waals surface area contributed by atoms with Gasteiger partial charge in [0, 0.05) is 12.1 Å². The van der Waals surface area contributed by atoms with Crippen molar-refractivity contribution in [1.82, 2.24) is 0 Å². The summed E-state index contributed by atoms with van der Waals surface area (Å²) < 4.78 is 51.1. The van der Waals surface area contributed by atoms with Crippen molar-refractivity contribution in [1.29, 1.82) is 0 Å². The zero-order chi connectivity index (χ0) is 34.2. The van der Waals surface area contributed by atoms with Crippen LogP contribution in [-0.2, 0) is 44.7 Å². The minimum absolute atomic E-state index is 0.0318. The number of esters is 4. The van der Waals surface area contributed by atoms with Gasteiger partial charge < -0.3 is 43.0 Å². The van der Waals surface area contributed by atoms with Gasteiger partial charge in [0.05, 0.1) is 39.8 Å². The Morgan fingerprint density at radius 2 is 1.09 bits per heavy atom. The first-order chi connectivity index (χ1) is 22.7. The molecule has 13 nitrogen and oxygen atoms in total. The molecule has 0 heterocycles. The summed E-state index contributed by atoms with van der Waals surface area (Å²) in [6, 6.07) is 18.0. The second kappa shape index (κ2) is 18.4. The van der Waals surface area contributed by atoms with E-state index in [1.165, 1.54) is 44.3 Å². The summed E-state index contributed by atoms with van der Waals surface area (Å²) in [5, 5.41) is 0. The summed E-state index contributed by atoms with van der Waals surface area (Å²) in [5.41, 5.74) is 1.51. The molecule has 0 unspecified atom stereocenters. The fraction of sp³-hybridized carbons (Fsp3) is 0.333. The lowest BCUT2D eigenvalue weighted by atomic mass is 10.2. The van der Waals surface area contributed by atoms with Gasteiger partial charge in [-0.3, -0.25) is 19.2 Å². The molecule has 0 atom stereocenters. The van der Waals surface area contributed by atoms with Crippen LogP contribution in [0.25, 0.3) is 0 Å². The molecule has 0 bridgehead atoms. The summed E-state index contributed by atoms with van der Waals surface area (Å²) in [6.45, 7) is -1.19. The largest absolute Gasteiger partial charge is 0.489 e. The number of nitrogens with zero attached hydrogens (tertiary/aromatic N) is 2. The molecule has 0 fully saturated rings. The van der Waals surface area contributed by atoms with Crippen LogP contribution in [0.5, 0.6) is 17.2 Å². The summed E-state index contributed by atoms with van der Waals surface area (Å²) >= 11 is 0. The average molecular weight is 657 g/mol. The van der Waals surface area contributed by atoms with E-state index >= 15 is 0 Å². The van der Waals surface area contributed by atoms with Crippen LogP contribution in [0, 0.1) is 5.82 Å². The number of halogens is 1. The maximum Gasteiger partial charge on any atom is 0.325 e. The van der Waals surface area contributed by atoms with Crippen molar-refractivity contribution in [2.75, 3.05) is 77.6 Å². The molecule has 0 saturated carbocycles. The Labute approximate surface area is 271 Å². The van der Waals surface area contributed by atoms with Crippen LogP contribution in [-0.4, -0.2) is 91.7 Å². The summed E-state index contributed by atoms with van der Waals surface area (Å²) in [6.07, 6.45) is 0. The Balaban J connectivity index is 1.84. The van der Waals surface area contributed by atoms with Gasteiger partial charge >= 0.3 is 23.9 Å². The van der Waals surface area contributed by atoms with E-state index in [1.54, 1.807) is 18.2 Å². The van der Waals surface area contributed by atoms with Gasteiger partial charge in [0.1, 0.15) is 69.1 Å². The van der Waals surface area contributed by atoms with Gasteiger partial charge in [-0.05, 0) is 29.8 Å². The Kier molecular flexibility index (Phi) is 14.1. The van der Waals surface area contributed by atoms with Crippen LogP contribution in [0.15, 0.2) is 66.7 Å². The van der Waals surface area contributed by atoms with E-state index in [0.717, 1.165) is 17.7 Å². The number of hydrogen-bond acceptors (Lipinski definition) is 13. The zero-order valence-electron chi connectivity index (χ0n) is 26.6. The minimum atomic E-state index is -0.639. The molecule has 3 aromatic carbocycles. The van der Waals surface area contributed by atoms with Gasteiger partial charge in [0.15, 0.2) is 0 Å². The van der Waals surface area contributed by atoms with Crippen molar-refractivity contribution in [3.8, 4) is 17.2 Å². The quantitative estimate of drug-likeness (QED) is 0.113. The Morgan fingerprint density at radius 1 is 0.574 bits per heavy atom. The molecule has 0 aromatic heterocycles. The first-order valence-corrected chi connectivity index (χ1v) is 14.3. The summed E-state index contributed by atoms with van der Waals surface area (Å²) in [4.78, 5) is 51.4. The topological polar surface area (TPSA) is 139 Å². The van der Waals surface area contributed by atoms with Crippen LogP contribution in [0.2, 0.25) is 0 Å². The number of carbonyl (C=O) groups excluding carboxylic acids is 4. The van der Waals surface area contributed by atoms with Crippen molar-refractivity contribution in [3.63, 3.8) is 0 Å². The monoisotopic (exact) mass is 656 g/mol. The second-order valence-electron chi connectivity index (χ2n) is 9.73.